The third kappa shape index (κ3) is 4.69. The summed E-state index contributed by atoms with van der Waals surface area (Å²) in [5.41, 5.74) is -0.0799. The van der Waals surface area contributed by atoms with E-state index in [1.165, 1.54) is 34.9 Å². The molecule has 34 heavy (non-hydrogen) atoms. The van der Waals surface area contributed by atoms with Gasteiger partial charge in [0.1, 0.15) is 23.0 Å². The summed E-state index contributed by atoms with van der Waals surface area (Å²) in [6.45, 7) is 2.08. The van der Waals surface area contributed by atoms with Crippen molar-refractivity contribution in [2.75, 3.05) is 11.9 Å². The van der Waals surface area contributed by atoms with Gasteiger partial charge in [-0.1, -0.05) is 18.2 Å². The van der Waals surface area contributed by atoms with Crippen LogP contribution in [-0.2, 0) is 21.2 Å². The van der Waals surface area contributed by atoms with Crippen molar-refractivity contribution in [2.24, 2.45) is 0 Å². The lowest BCUT2D eigenvalue weighted by atomic mass is 10.2. The van der Waals surface area contributed by atoms with Crippen LogP contribution in [0.25, 0.3) is 10.9 Å². The van der Waals surface area contributed by atoms with E-state index >= 15 is 0 Å². The molecule has 3 aromatic carbocycles. The van der Waals surface area contributed by atoms with E-state index < -0.39 is 31.9 Å². The topological polar surface area (TPSA) is 94.5 Å². The van der Waals surface area contributed by atoms with Gasteiger partial charge in [-0.05, 0) is 61.5 Å². The van der Waals surface area contributed by atoms with Gasteiger partial charge in [0.25, 0.3) is 0 Å². The van der Waals surface area contributed by atoms with E-state index in [0.29, 0.717) is 18.0 Å². The Hall–Kier alpha value is -3.98. The molecule has 0 atom stereocenters. The first kappa shape index (κ1) is 23.2. The van der Waals surface area contributed by atoms with E-state index in [0.717, 1.165) is 18.3 Å². The number of nitrogens with zero attached hydrogens (tertiary/aromatic N) is 1. The molecule has 4 rings (SSSR count). The van der Waals surface area contributed by atoms with Crippen molar-refractivity contribution in [3.8, 4) is 5.75 Å². The summed E-state index contributed by atoms with van der Waals surface area (Å²) in [6, 6.07) is 17.7. The first-order valence-corrected chi connectivity index (χ1v) is 11.9. The molecular weight excluding hydrogens is 459 g/mol. The number of amides is 1. The molecule has 4 aromatic rings. The second kappa shape index (κ2) is 9.48. The largest absolute Gasteiger partial charge is 0.494 e. The van der Waals surface area contributed by atoms with Gasteiger partial charge in [-0.25, -0.2) is 12.8 Å². The third-order valence-electron chi connectivity index (χ3n) is 5.12. The monoisotopic (exact) mass is 480 g/mol. The maximum absolute atomic E-state index is 13.9. The quantitative estimate of drug-likeness (QED) is 0.431. The second-order valence-corrected chi connectivity index (χ2v) is 9.35. The molecule has 9 heteroatoms. The molecule has 0 spiro atoms. The van der Waals surface area contributed by atoms with E-state index in [1.54, 1.807) is 30.3 Å². The SMILES string of the molecule is CCOc1ccc(NC(=O)Cn2cc(S(=O)(=O)c3ccccc3)c(=O)c3cc(F)ccc32)cc1. The van der Waals surface area contributed by atoms with Gasteiger partial charge in [-0.15, -0.1) is 0 Å². The van der Waals surface area contributed by atoms with E-state index in [1.807, 2.05) is 6.92 Å². The van der Waals surface area contributed by atoms with Crippen LogP contribution in [0.15, 0.2) is 93.6 Å². The number of benzene rings is 3. The number of carbonyl (C=O) groups excluding carboxylic acids is 1. The summed E-state index contributed by atoms with van der Waals surface area (Å²) in [5, 5.41) is 2.59. The van der Waals surface area contributed by atoms with Crippen LogP contribution in [-0.4, -0.2) is 25.5 Å². The molecule has 1 aromatic heterocycles. The highest BCUT2D eigenvalue weighted by atomic mass is 32.2. The normalized spacial score (nSPS) is 11.4. The Kier molecular flexibility index (Phi) is 6.47. The minimum absolute atomic E-state index is 0.0757. The number of aromatic nitrogens is 1. The van der Waals surface area contributed by atoms with Crippen molar-refractivity contribution < 1.29 is 22.3 Å². The molecule has 0 radical (unpaired) electrons. The second-order valence-electron chi connectivity index (χ2n) is 7.43. The highest BCUT2D eigenvalue weighted by Crippen LogP contribution is 2.22. The van der Waals surface area contributed by atoms with Gasteiger partial charge in [-0.3, -0.25) is 9.59 Å². The highest BCUT2D eigenvalue weighted by molar-refractivity contribution is 7.91. The first-order chi connectivity index (χ1) is 16.3. The molecule has 0 bridgehead atoms. The number of hydrogen-bond acceptors (Lipinski definition) is 5. The van der Waals surface area contributed by atoms with E-state index in [4.69, 9.17) is 4.74 Å². The number of halogens is 1. The molecule has 0 aliphatic carbocycles. The van der Waals surface area contributed by atoms with Gasteiger partial charge in [0.2, 0.25) is 21.2 Å². The van der Waals surface area contributed by atoms with Gasteiger partial charge in [0.15, 0.2) is 0 Å². The Morgan fingerprint density at radius 3 is 2.41 bits per heavy atom. The van der Waals surface area contributed by atoms with Gasteiger partial charge in [0.05, 0.1) is 17.0 Å². The predicted molar refractivity (Wildman–Crippen MR) is 126 cm³/mol. The number of ether oxygens (including phenoxy) is 1. The van der Waals surface area contributed by atoms with Crippen LogP contribution in [0.1, 0.15) is 6.92 Å². The molecular formula is C25H21FN2O5S. The average molecular weight is 481 g/mol. The Bertz CT molecular complexity index is 1520. The fourth-order valence-corrected chi connectivity index (χ4v) is 4.94. The molecule has 0 aliphatic heterocycles. The van der Waals surface area contributed by atoms with Crippen LogP contribution in [0.3, 0.4) is 0 Å². The molecule has 0 unspecified atom stereocenters. The number of pyridine rings is 1. The molecule has 1 N–H and O–H groups in total. The minimum atomic E-state index is -4.20. The summed E-state index contributed by atoms with van der Waals surface area (Å²) >= 11 is 0. The van der Waals surface area contributed by atoms with Crippen molar-refractivity contribution in [1.29, 1.82) is 0 Å². The Morgan fingerprint density at radius 1 is 1.03 bits per heavy atom. The van der Waals surface area contributed by atoms with Gasteiger partial charge in [-0.2, -0.15) is 0 Å². The van der Waals surface area contributed by atoms with Crippen molar-refractivity contribution in [3.05, 3.63) is 95.0 Å². The number of anilines is 1. The molecule has 0 fully saturated rings. The van der Waals surface area contributed by atoms with Crippen molar-refractivity contribution >= 4 is 32.3 Å². The van der Waals surface area contributed by atoms with E-state index in [9.17, 15) is 22.4 Å². The lowest BCUT2D eigenvalue weighted by Gasteiger charge is -2.14. The molecule has 1 heterocycles. The van der Waals surface area contributed by atoms with Crippen molar-refractivity contribution in [3.63, 3.8) is 0 Å². The summed E-state index contributed by atoms with van der Waals surface area (Å²) < 4.78 is 47.0. The molecule has 7 nitrogen and oxygen atoms in total. The summed E-state index contributed by atoms with van der Waals surface area (Å²) in [6.07, 6.45) is 1.13. The van der Waals surface area contributed by atoms with Crippen LogP contribution < -0.4 is 15.5 Å². The summed E-state index contributed by atoms with van der Waals surface area (Å²) in [5.74, 6) is -0.490. The van der Waals surface area contributed by atoms with Crippen LogP contribution in [0.2, 0.25) is 0 Å². The van der Waals surface area contributed by atoms with E-state index in [2.05, 4.69) is 5.32 Å². The summed E-state index contributed by atoms with van der Waals surface area (Å²) in [4.78, 5) is 25.2. The molecule has 174 valence electrons. The standard InChI is InChI=1S/C25H21FN2O5S/c1-2-33-19-11-9-18(10-12-19)27-24(29)16-28-15-23(34(31,32)20-6-4-3-5-7-20)25(30)21-14-17(26)8-13-22(21)28/h3-15H,2,16H2,1H3,(H,27,29). The fourth-order valence-electron chi connectivity index (χ4n) is 3.55. The lowest BCUT2D eigenvalue weighted by Crippen LogP contribution is -2.24. The third-order valence-corrected chi connectivity index (χ3v) is 6.88. The van der Waals surface area contributed by atoms with Crippen LogP contribution >= 0.6 is 0 Å². The highest BCUT2D eigenvalue weighted by Gasteiger charge is 2.24. The number of rotatable bonds is 7. The zero-order valence-corrected chi connectivity index (χ0v) is 19.0. The maximum atomic E-state index is 13.9. The number of sulfone groups is 1. The molecule has 0 aliphatic rings. The van der Waals surface area contributed by atoms with Crippen molar-refractivity contribution in [1.82, 2.24) is 4.57 Å². The lowest BCUT2D eigenvalue weighted by molar-refractivity contribution is -0.116. The molecule has 0 saturated carbocycles. The smallest absolute Gasteiger partial charge is 0.244 e. The number of hydrogen-bond donors (Lipinski definition) is 1. The van der Waals surface area contributed by atoms with Gasteiger partial charge >= 0.3 is 0 Å². The van der Waals surface area contributed by atoms with Crippen LogP contribution in [0.5, 0.6) is 5.75 Å². The minimum Gasteiger partial charge on any atom is -0.494 e. The first-order valence-electron chi connectivity index (χ1n) is 10.4. The summed E-state index contributed by atoms with van der Waals surface area (Å²) in [7, 11) is -4.20. The number of nitrogens with one attached hydrogen (secondary N) is 1. The molecule has 1 amide bonds. The number of fused-ring (bicyclic) bond motifs is 1. The van der Waals surface area contributed by atoms with Crippen LogP contribution in [0, 0.1) is 5.82 Å². The van der Waals surface area contributed by atoms with Crippen LogP contribution in [0.4, 0.5) is 10.1 Å². The maximum Gasteiger partial charge on any atom is 0.244 e. The van der Waals surface area contributed by atoms with E-state index in [-0.39, 0.29) is 22.3 Å². The zero-order valence-electron chi connectivity index (χ0n) is 18.2. The predicted octanol–water partition coefficient (Wildman–Crippen LogP) is 4.01. The fraction of sp³-hybridized carbons (Fsp3) is 0.120. The Morgan fingerprint density at radius 2 is 1.74 bits per heavy atom. The number of carbonyl (C=O) groups is 1. The van der Waals surface area contributed by atoms with Gasteiger partial charge in [0, 0.05) is 17.3 Å². The molecule has 0 saturated heterocycles. The average Bonchev–Trinajstić information content (AvgIpc) is 2.83. The van der Waals surface area contributed by atoms with Crippen molar-refractivity contribution in [2.45, 2.75) is 23.3 Å². The van der Waals surface area contributed by atoms with Gasteiger partial charge < -0.3 is 14.6 Å². The Balaban J connectivity index is 1.74. The zero-order chi connectivity index (χ0) is 24.3. The Labute approximate surface area is 195 Å².